The molecule has 0 aliphatic carbocycles. The summed E-state index contributed by atoms with van der Waals surface area (Å²) in [5, 5.41) is 11.5. The first-order chi connectivity index (χ1) is 11.6. The number of hydrogen-bond acceptors (Lipinski definition) is 3. The summed E-state index contributed by atoms with van der Waals surface area (Å²) < 4.78 is 5.63. The summed E-state index contributed by atoms with van der Waals surface area (Å²) in [7, 11) is 0. The number of nitrogens with zero attached hydrogens (tertiary/aromatic N) is 1. The van der Waals surface area contributed by atoms with Crippen LogP contribution in [0.3, 0.4) is 0 Å². The van der Waals surface area contributed by atoms with E-state index in [1.165, 1.54) is 5.56 Å². The second-order valence-electron chi connectivity index (χ2n) is 8.88. The number of carbonyl (C=O) groups excluding carboxylic acids is 1. The maximum absolute atomic E-state index is 12.7. The molecule has 1 N–H and O–H groups in total. The van der Waals surface area contributed by atoms with Gasteiger partial charge in [-0.2, -0.15) is 0 Å². The molecule has 2 fully saturated rings. The van der Waals surface area contributed by atoms with E-state index >= 15 is 0 Å². The Morgan fingerprint density at radius 2 is 1.80 bits per heavy atom. The molecule has 2 atom stereocenters. The number of carbonyl (C=O) groups is 1. The second-order valence-corrected chi connectivity index (χ2v) is 8.88. The summed E-state index contributed by atoms with van der Waals surface area (Å²) in [4.78, 5) is 14.6. The molecule has 25 heavy (non-hydrogen) atoms. The number of ether oxygens (including phenoxy) is 1. The zero-order valence-electron chi connectivity index (χ0n) is 16.1. The van der Waals surface area contributed by atoms with Crippen molar-refractivity contribution >= 4 is 6.09 Å². The van der Waals surface area contributed by atoms with Gasteiger partial charge in [-0.25, -0.2) is 4.79 Å². The lowest BCUT2D eigenvalue weighted by molar-refractivity contribution is -0.0967. The standard InChI is InChI=1S/C21H31NO3/c1-14-9-10-18(15(2)11-14)21(24)12-16-7-6-8-17(13-21)22(16)19(23)25-20(3,4)5/h9-11,16-17,24H,6-8,12-13H2,1-5H3. The van der Waals surface area contributed by atoms with Crippen LogP contribution in [-0.4, -0.2) is 33.8 Å². The van der Waals surface area contributed by atoms with Crippen molar-refractivity contribution in [2.75, 3.05) is 0 Å². The Morgan fingerprint density at radius 1 is 1.20 bits per heavy atom. The lowest BCUT2D eigenvalue weighted by Gasteiger charge is -2.52. The van der Waals surface area contributed by atoms with Crippen LogP contribution in [0.15, 0.2) is 18.2 Å². The van der Waals surface area contributed by atoms with E-state index in [2.05, 4.69) is 32.0 Å². The smallest absolute Gasteiger partial charge is 0.410 e. The fraction of sp³-hybridized carbons (Fsp3) is 0.667. The van der Waals surface area contributed by atoms with Gasteiger partial charge in [-0.1, -0.05) is 23.8 Å². The number of amides is 1. The Bertz CT molecular complexity index is 648. The summed E-state index contributed by atoms with van der Waals surface area (Å²) in [6, 6.07) is 6.35. The predicted molar refractivity (Wildman–Crippen MR) is 98.5 cm³/mol. The molecule has 3 rings (SSSR count). The monoisotopic (exact) mass is 345 g/mol. The van der Waals surface area contributed by atoms with E-state index in [0.717, 1.165) is 30.4 Å². The Hall–Kier alpha value is -1.55. The highest BCUT2D eigenvalue weighted by atomic mass is 16.6. The molecule has 2 unspecified atom stereocenters. The molecule has 2 saturated heterocycles. The first kappa shape index (κ1) is 18.2. The van der Waals surface area contributed by atoms with E-state index in [-0.39, 0.29) is 18.2 Å². The van der Waals surface area contributed by atoms with E-state index in [0.29, 0.717) is 12.8 Å². The lowest BCUT2D eigenvalue weighted by Crippen LogP contribution is -2.59. The summed E-state index contributed by atoms with van der Waals surface area (Å²) in [5.74, 6) is 0. The minimum absolute atomic E-state index is 0.0491. The van der Waals surface area contributed by atoms with Crippen LogP contribution in [0.1, 0.15) is 69.6 Å². The quantitative estimate of drug-likeness (QED) is 0.818. The molecule has 2 bridgehead atoms. The van der Waals surface area contributed by atoms with Gasteiger partial charge >= 0.3 is 6.09 Å². The summed E-state index contributed by atoms with van der Waals surface area (Å²) >= 11 is 0. The van der Waals surface area contributed by atoms with Crippen molar-refractivity contribution in [2.24, 2.45) is 0 Å². The number of fused-ring (bicyclic) bond motifs is 2. The Morgan fingerprint density at radius 3 is 2.32 bits per heavy atom. The van der Waals surface area contributed by atoms with Crippen molar-refractivity contribution in [1.82, 2.24) is 4.90 Å². The molecular weight excluding hydrogens is 314 g/mol. The van der Waals surface area contributed by atoms with E-state index < -0.39 is 11.2 Å². The van der Waals surface area contributed by atoms with Crippen LogP contribution in [0.5, 0.6) is 0 Å². The van der Waals surface area contributed by atoms with E-state index in [1.807, 2.05) is 25.7 Å². The third-order valence-electron chi connectivity index (χ3n) is 5.50. The van der Waals surface area contributed by atoms with Crippen molar-refractivity contribution in [3.8, 4) is 0 Å². The second kappa shape index (κ2) is 6.31. The van der Waals surface area contributed by atoms with Gasteiger partial charge in [0.05, 0.1) is 5.60 Å². The molecule has 1 aromatic carbocycles. The maximum Gasteiger partial charge on any atom is 0.410 e. The normalized spacial score (nSPS) is 29.4. The van der Waals surface area contributed by atoms with Crippen LogP contribution >= 0.6 is 0 Å². The molecule has 0 aromatic heterocycles. The van der Waals surface area contributed by atoms with Crippen LogP contribution in [0, 0.1) is 13.8 Å². The fourth-order valence-electron chi connectivity index (χ4n) is 4.60. The first-order valence-electron chi connectivity index (χ1n) is 9.40. The number of piperidine rings is 2. The minimum atomic E-state index is -0.855. The molecular formula is C21H31NO3. The SMILES string of the molecule is Cc1ccc(C2(O)CC3CCCC(C2)N3C(=O)OC(C)(C)C)c(C)c1. The number of rotatable bonds is 1. The molecule has 2 heterocycles. The Labute approximate surface area is 151 Å². The molecule has 2 aliphatic rings. The molecule has 0 radical (unpaired) electrons. The number of aryl methyl sites for hydroxylation is 2. The van der Waals surface area contributed by atoms with Gasteiger partial charge in [0.25, 0.3) is 0 Å². The first-order valence-corrected chi connectivity index (χ1v) is 9.40. The van der Waals surface area contributed by atoms with Gasteiger partial charge in [0.1, 0.15) is 5.60 Å². The third-order valence-corrected chi connectivity index (χ3v) is 5.50. The number of benzene rings is 1. The van der Waals surface area contributed by atoms with Gasteiger partial charge < -0.3 is 14.7 Å². The van der Waals surface area contributed by atoms with Gasteiger partial charge in [-0.3, -0.25) is 0 Å². The van der Waals surface area contributed by atoms with Gasteiger partial charge in [0.15, 0.2) is 0 Å². The highest BCUT2D eigenvalue weighted by Gasteiger charge is 2.49. The van der Waals surface area contributed by atoms with Crippen LogP contribution < -0.4 is 0 Å². The largest absolute Gasteiger partial charge is 0.444 e. The summed E-state index contributed by atoms with van der Waals surface area (Å²) in [5.41, 5.74) is 2.00. The average molecular weight is 345 g/mol. The van der Waals surface area contributed by atoms with Crippen molar-refractivity contribution in [2.45, 2.75) is 90.0 Å². The topological polar surface area (TPSA) is 49.8 Å². The van der Waals surface area contributed by atoms with Gasteiger partial charge in [0.2, 0.25) is 0 Å². The zero-order valence-corrected chi connectivity index (χ0v) is 16.1. The zero-order chi connectivity index (χ0) is 18.4. The average Bonchev–Trinajstić information content (AvgIpc) is 2.43. The Kier molecular flexibility index (Phi) is 4.61. The van der Waals surface area contributed by atoms with Crippen LogP contribution in [0.25, 0.3) is 0 Å². The predicted octanol–water partition coefficient (Wildman–Crippen LogP) is 4.44. The number of aliphatic hydroxyl groups is 1. The third kappa shape index (κ3) is 3.69. The van der Waals surface area contributed by atoms with E-state index in [4.69, 9.17) is 4.74 Å². The summed E-state index contributed by atoms with van der Waals surface area (Å²) in [6.07, 6.45) is 3.92. The van der Waals surface area contributed by atoms with Crippen molar-refractivity contribution < 1.29 is 14.6 Å². The van der Waals surface area contributed by atoms with Crippen LogP contribution in [0.4, 0.5) is 4.79 Å². The van der Waals surface area contributed by atoms with Crippen molar-refractivity contribution in [3.05, 3.63) is 34.9 Å². The molecule has 4 heteroatoms. The lowest BCUT2D eigenvalue weighted by atomic mass is 9.71. The molecule has 1 aromatic rings. The minimum Gasteiger partial charge on any atom is -0.444 e. The van der Waals surface area contributed by atoms with Crippen molar-refractivity contribution in [1.29, 1.82) is 0 Å². The van der Waals surface area contributed by atoms with Gasteiger partial charge in [0, 0.05) is 24.9 Å². The fourth-order valence-corrected chi connectivity index (χ4v) is 4.60. The molecule has 138 valence electrons. The molecule has 0 spiro atoms. The summed E-state index contributed by atoms with van der Waals surface area (Å²) in [6.45, 7) is 9.83. The van der Waals surface area contributed by atoms with Crippen LogP contribution in [-0.2, 0) is 10.3 Å². The molecule has 0 saturated carbocycles. The molecule has 2 aliphatic heterocycles. The molecule has 1 amide bonds. The number of hydrogen-bond donors (Lipinski definition) is 1. The van der Waals surface area contributed by atoms with Gasteiger partial charge in [-0.15, -0.1) is 0 Å². The van der Waals surface area contributed by atoms with E-state index in [1.54, 1.807) is 0 Å². The van der Waals surface area contributed by atoms with Gasteiger partial charge in [-0.05, 0) is 65.0 Å². The highest BCUT2D eigenvalue weighted by molar-refractivity contribution is 5.69. The molecule has 4 nitrogen and oxygen atoms in total. The van der Waals surface area contributed by atoms with Crippen molar-refractivity contribution in [3.63, 3.8) is 0 Å². The highest BCUT2D eigenvalue weighted by Crippen LogP contribution is 2.45. The maximum atomic E-state index is 12.7. The Balaban J connectivity index is 1.87. The van der Waals surface area contributed by atoms with Crippen LogP contribution in [0.2, 0.25) is 0 Å². The van der Waals surface area contributed by atoms with E-state index in [9.17, 15) is 9.90 Å².